The number of aliphatic hydroxyl groups is 1. The number of hydroxylamine groups is 2. The zero-order chi connectivity index (χ0) is 13.1. The predicted octanol–water partition coefficient (Wildman–Crippen LogP) is 0.452. The molecule has 0 spiro atoms. The third-order valence-corrected chi connectivity index (χ3v) is 2.67. The molecule has 1 unspecified atom stereocenters. The van der Waals surface area contributed by atoms with Gasteiger partial charge in [-0.3, -0.25) is 9.63 Å². The highest BCUT2D eigenvalue weighted by atomic mass is 16.7. The van der Waals surface area contributed by atoms with E-state index in [0.717, 1.165) is 5.06 Å². The zero-order valence-corrected chi connectivity index (χ0v) is 10.3. The van der Waals surface area contributed by atoms with Crippen molar-refractivity contribution in [3.63, 3.8) is 0 Å². The van der Waals surface area contributed by atoms with E-state index in [1.54, 1.807) is 18.2 Å². The molecule has 1 amide bonds. The van der Waals surface area contributed by atoms with E-state index in [0.29, 0.717) is 11.5 Å². The Hall–Kier alpha value is -1.79. The van der Waals surface area contributed by atoms with Gasteiger partial charge < -0.3 is 14.6 Å². The Bertz CT molecular complexity index is 426. The van der Waals surface area contributed by atoms with Gasteiger partial charge >= 0.3 is 0 Å². The van der Waals surface area contributed by atoms with Crippen LogP contribution in [0.2, 0.25) is 0 Å². The largest absolute Gasteiger partial charge is 0.496 e. The second kappa shape index (κ2) is 5.24. The van der Waals surface area contributed by atoms with E-state index in [-0.39, 0.29) is 24.6 Å². The van der Waals surface area contributed by atoms with E-state index in [9.17, 15) is 9.90 Å². The van der Waals surface area contributed by atoms with Gasteiger partial charge in [0.1, 0.15) is 29.8 Å². The van der Waals surface area contributed by atoms with Crippen LogP contribution in [0.4, 0.5) is 0 Å². The summed E-state index contributed by atoms with van der Waals surface area (Å²) in [4.78, 5) is 17.4. The van der Waals surface area contributed by atoms with Crippen LogP contribution in [-0.2, 0) is 4.84 Å². The van der Waals surface area contributed by atoms with E-state index in [4.69, 9.17) is 14.3 Å². The number of carbonyl (C=O) groups is 1. The summed E-state index contributed by atoms with van der Waals surface area (Å²) in [6, 6.07) is 5.07. The molecule has 1 fully saturated rings. The quantitative estimate of drug-likeness (QED) is 0.847. The van der Waals surface area contributed by atoms with Crippen molar-refractivity contribution in [1.29, 1.82) is 0 Å². The summed E-state index contributed by atoms with van der Waals surface area (Å²) >= 11 is 0. The number of rotatable bonds is 3. The van der Waals surface area contributed by atoms with Gasteiger partial charge in [-0.25, -0.2) is 5.06 Å². The molecule has 6 heteroatoms. The van der Waals surface area contributed by atoms with E-state index in [1.165, 1.54) is 14.2 Å². The molecule has 1 N–H and O–H groups in total. The maximum absolute atomic E-state index is 12.3. The summed E-state index contributed by atoms with van der Waals surface area (Å²) in [6.07, 6.45) is -0.658. The summed E-state index contributed by atoms with van der Waals surface area (Å²) in [5.74, 6) is 0.425. The Morgan fingerprint density at radius 3 is 2.44 bits per heavy atom. The molecule has 1 aromatic rings. The maximum atomic E-state index is 12.3. The van der Waals surface area contributed by atoms with Crippen molar-refractivity contribution in [2.24, 2.45) is 0 Å². The number of methoxy groups -OCH3 is 2. The normalized spacial score (nSPS) is 18.8. The fourth-order valence-electron chi connectivity index (χ4n) is 1.80. The van der Waals surface area contributed by atoms with Gasteiger partial charge in [0.2, 0.25) is 0 Å². The lowest BCUT2D eigenvalue weighted by Crippen LogP contribution is -2.29. The maximum Gasteiger partial charge on any atom is 0.285 e. The summed E-state index contributed by atoms with van der Waals surface area (Å²) in [5.41, 5.74) is 0.289. The number of ether oxygens (including phenoxy) is 2. The van der Waals surface area contributed by atoms with Crippen LogP contribution in [-0.4, -0.2) is 49.6 Å². The highest BCUT2D eigenvalue weighted by Gasteiger charge is 2.30. The number of nitrogens with zero attached hydrogens (tertiary/aromatic N) is 1. The molecule has 1 saturated heterocycles. The first-order valence-corrected chi connectivity index (χ1v) is 5.51. The molecule has 1 heterocycles. The summed E-state index contributed by atoms with van der Waals surface area (Å²) in [7, 11) is 2.95. The minimum Gasteiger partial charge on any atom is -0.496 e. The first kappa shape index (κ1) is 12.7. The van der Waals surface area contributed by atoms with Crippen LogP contribution in [0.1, 0.15) is 10.4 Å². The van der Waals surface area contributed by atoms with Crippen LogP contribution >= 0.6 is 0 Å². The van der Waals surface area contributed by atoms with E-state index >= 15 is 0 Å². The fourth-order valence-corrected chi connectivity index (χ4v) is 1.80. The van der Waals surface area contributed by atoms with Crippen molar-refractivity contribution in [2.45, 2.75) is 6.10 Å². The molecule has 98 valence electrons. The number of hydrogen-bond donors (Lipinski definition) is 1. The highest BCUT2D eigenvalue weighted by molar-refractivity contribution is 5.99. The van der Waals surface area contributed by atoms with Gasteiger partial charge in [-0.15, -0.1) is 0 Å². The van der Waals surface area contributed by atoms with Gasteiger partial charge in [0, 0.05) is 0 Å². The Morgan fingerprint density at radius 1 is 1.39 bits per heavy atom. The SMILES string of the molecule is COc1cccc(OC)c1C(=O)N1CC(O)CO1. The minimum atomic E-state index is -0.658. The number of aliphatic hydroxyl groups excluding tert-OH is 1. The van der Waals surface area contributed by atoms with E-state index < -0.39 is 6.10 Å². The number of carbonyl (C=O) groups excluding carboxylic acids is 1. The topological polar surface area (TPSA) is 68.2 Å². The van der Waals surface area contributed by atoms with Crippen molar-refractivity contribution < 1.29 is 24.2 Å². The van der Waals surface area contributed by atoms with Crippen molar-refractivity contribution >= 4 is 5.91 Å². The lowest BCUT2D eigenvalue weighted by Gasteiger charge is -2.17. The summed E-state index contributed by atoms with van der Waals surface area (Å²) < 4.78 is 10.3. The Balaban J connectivity index is 2.34. The molecule has 2 rings (SSSR count). The molecule has 1 aliphatic rings. The van der Waals surface area contributed by atoms with Gasteiger partial charge in [-0.05, 0) is 12.1 Å². The Labute approximate surface area is 105 Å². The van der Waals surface area contributed by atoms with Crippen molar-refractivity contribution in [3.8, 4) is 11.5 Å². The van der Waals surface area contributed by atoms with Gasteiger partial charge in [0.05, 0.1) is 20.8 Å². The molecule has 1 aromatic carbocycles. The number of hydrogen-bond acceptors (Lipinski definition) is 5. The smallest absolute Gasteiger partial charge is 0.285 e. The molecule has 0 aromatic heterocycles. The lowest BCUT2D eigenvalue weighted by molar-refractivity contribution is -0.0782. The predicted molar refractivity (Wildman–Crippen MR) is 62.5 cm³/mol. The third kappa shape index (κ3) is 2.25. The van der Waals surface area contributed by atoms with Crippen LogP contribution in [0.15, 0.2) is 18.2 Å². The standard InChI is InChI=1S/C12H15NO5/c1-16-9-4-3-5-10(17-2)11(9)12(15)13-6-8(14)7-18-13/h3-5,8,14H,6-7H2,1-2H3. The monoisotopic (exact) mass is 253 g/mol. The second-order valence-corrected chi connectivity index (χ2v) is 3.85. The molecular weight excluding hydrogens is 238 g/mol. The lowest BCUT2D eigenvalue weighted by atomic mass is 10.1. The van der Waals surface area contributed by atoms with Gasteiger partial charge in [-0.1, -0.05) is 6.07 Å². The van der Waals surface area contributed by atoms with Gasteiger partial charge in [-0.2, -0.15) is 0 Å². The van der Waals surface area contributed by atoms with Crippen molar-refractivity contribution in [3.05, 3.63) is 23.8 Å². The first-order chi connectivity index (χ1) is 8.67. The molecule has 18 heavy (non-hydrogen) atoms. The third-order valence-electron chi connectivity index (χ3n) is 2.67. The summed E-state index contributed by atoms with van der Waals surface area (Å²) in [6.45, 7) is 0.253. The molecule has 1 atom stereocenters. The molecular formula is C12H15NO5. The average molecular weight is 253 g/mol. The summed E-state index contributed by atoms with van der Waals surface area (Å²) in [5, 5.41) is 10.5. The van der Waals surface area contributed by atoms with Crippen LogP contribution in [0, 0.1) is 0 Å². The minimum absolute atomic E-state index is 0.114. The van der Waals surface area contributed by atoms with Crippen LogP contribution in [0.5, 0.6) is 11.5 Å². The average Bonchev–Trinajstić information content (AvgIpc) is 2.83. The Morgan fingerprint density at radius 2 is 2.00 bits per heavy atom. The van der Waals surface area contributed by atoms with Crippen LogP contribution in [0.25, 0.3) is 0 Å². The molecule has 1 aliphatic heterocycles. The van der Waals surface area contributed by atoms with Crippen molar-refractivity contribution in [2.75, 3.05) is 27.4 Å². The molecule has 0 bridgehead atoms. The number of β-amino-alcohol motifs (C(OH)–C–C–N with tert-alkyl or cyclic N) is 1. The first-order valence-electron chi connectivity index (χ1n) is 5.51. The Kier molecular flexibility index (Phi) is 3.69. The molecule has 6 nitrogen and oxygen atoms in total. The van der Waals surface area contributed by atoms with Crippen LogP contribution in [0.3, 0.4) is 0 Å². The molecule has 0 aliphatic carbocycles. The zero-order valence-electron chi connectivity index (χ0n) is 10.3. The molecule has 0 saturated carbocycles. The highest BCUT2D eigenvalue weighted by Crippen LogP contribution is 2.30. The fraction of sp³-hybridized carbons (Fsp3) is 0.417. The second-order valence-electron chi connectivity index (χ2n) is 3.85. The van der Waals surface area contributed by atoms with E-state index in [1.807, 2.05) is 0 Å². The number of amides is 1. The number of benzene rings is 1. The molecule has 0 radical (unpaired) electrons. The van der Waals surface area contributed by atoms with Crippen molar-refractivity contribution in [1.82, 2.24) is 5.06 Å². The van der Waals surface area contributed by atoms with E-state index in [2.05, 4.69) is 0 Å². The van der Waals surface area contributed by atoms with Gasteiger partial charge in [0.25, 0.3) is 5.91 Å². The van der Waals surface area contributed by atoms with Gasteiger partial charge in [0.15, 0.2) is 0 Å². The van der Waals surface area contributed by atoms with Crippen LogP contribution < -0.4 is 9.47 Å².